The van der Waals surface area contributed by atoms with E-state index >= 15 is 0 Å². The summed E-state index contributed by atoms with van der Waals surface area (Å²) in [7, 11) is 0. The summed E-state index contributed by atoms with van der Waals surface area (Å²) in [4.78, 5) is 20.9. The topological polar surface area (TPSA) is 54.9 Å². The van der Waals surface area contributed by atoms with Gasteiger partial charge >= 0.3 is 0 Å². The molecular formula is C16H12BrN3OS. The molecule has 0 bridgehead atoms. The normalized spacial score (nSPS) is 10.5. The van der Waals surface area contributed by atoms with Crippen LogP contribution in [-0.2, 0) is 0 Å². The van der Waals surface area contributed by atoms with Gasteiger partial charge in [0.15, 0.2) is 0 Å². The molecule has 22 heavy (non-hydrogen) atoms. The second-order valence-corrected chi connectivity index (χ2v) is 6.40. The molecule has 0 radical (unpaired) electrons. The Balaban J connectivity index is 1.80. The van der Waals surface area contributed by atoms with Crippen molar-refractivity contribution >= 4 is 38.9 Å². The van der Waals surface area contributed by atoms with Crippen LogP contribution in [-0.4, -0.2) is 15.9 Å². The highest BCUT2D eigenvalue weighted by Crippen LogP contribution is 2.25. The second-order valence-electron chi connectivity index (χ2n) is 4.69. The predicted octanol–water partition coefficient (Wildman–Crippen LogP) is 4.53. The Morgan fingerprint density at radius 1 is 1.27 bits per heavy atom. The van der Waals surface area contributed by atoms with Crippen LogP contribution >= 0.6 is 27.3 Å². The summed E-state index contributed by atoms with van der Waals surface area (Å²) < 4.78 is 0.848. The minimum Gasteiger partial charge on any atom is -0.320 e. The number of carbonyl (C=O) groups excluding carboxylic acids is 1. The highest BCUT2D eigenvalue weighted by molar-refractivity contribution is 9.10. The number of carbonyl (C=O) groups is 1. The Hall–Kier alpha value is -2.05. The average molecular weight is 374 g/mol. The van der Waals surface area contributed by atoms with Gasteiger partial charge in [-0.05, 0) is 52.7 Å². The van der Waals surface area contributed by atoms with Gasteiger partial charge in [-0.25, -0.2) is 4.98 Å². The van der Waals surface area contributed by atoms with Crippen molar-refractivity contribution < 1.29 is 4.79 Å². The molecule has 3 rings (SSSR count). The highest BCUT2D eigenvalue weighted by Gasteiger charge is 2.13. The van der Waals surface area contributed by atoms with Crippen molar-refractivity contribution in [1.82, 2.24) is 9.97 Å². The number of pyridine rings is 1. The van der Waals surface area contributed by atoms with Gasteiger partial charge in [0.1, 0.15) is 10.7 Å². The maximum Gasteiger partial charge on any atom is 0.275 e. The number of rotatable bonds is 3. The molecule has 0 saturated carbocycles. The third-order valence-electron chi connectivity index (χ3n) is 2.99. The molecule has 0 aliphatic heterocycles. The Morgan fingerprint density at radius 3 is 2.86 bits per heavy atom. The molecule has 0 aliphatic rings. The van der Waals surface area contributed by atoms with Gasteiger partial charge < -0.3 is 5.32 Å². The maximum atomic E-state index is 12.3. The van der Waals surface area contributed by atoms with Gasteiger partial charge in [-0.15, -0.1) is 11.3 Å². The molecule has 110 valence electrons. The molecule has 0 aliphatic carbocycles. The van der Waals surface area contributed by atoms with E-state index in [-0.39, 0.29) is 5.91 Å². The number of nitrogens with one attached hydrogen (secondary N) is 1. The summed E-state index contributed by atoms with van der Waals surface area (Å²) in [5, 5.41) is 5.32. The maximum absolute atomic E-state index is 12.3. The zero-order valence-corrected chi connectivity index (χ0v) is 14.1. The Kier molecular flexibility index (Phi) is 4.31. The fourth-order valence-electron chi connectivity index (χ4n) is 1.89. The second kappa shape index (κ2) is 6.37. The van der Waals surface area contributed by atoms with E-state index in [4.69, 9.17) is 0 Å². The third kappa shape index (κ3) is 3.23. The molecule has 1 N–H and O–H groups in total. The number of hydrogen-bond donors (Lipinski definition) is 1. The van der Waals surface area contributed by atoms with Crippen LogP contribution in [0.3, 0.4) is 0 Å². The first kappa shape index (κ1) is 14.9. The summed E-state index contributed by atoms with van der Waals surface area (Å²) in [5.41, 5.74) is 3.00. The van der Waals surface area contributed by atoms with Gasteiger partial charge in [-0.2, -0.15) is 0 Å². The van der Waals surface area contributed by atoms with E-state index in [0.29, 0.717) is 5.69 Å². The van der Waals surface area contributed by atoms with Crippen LogP contribution in [0.1, 0.15) is 16.1 Å². The zero-order valence-electron chi connectivity index (χ0n) is 11.7. The van der Waals surface area contributed by atoms with Gasteiger partial charge in [0.25, 0.3) is 5.91 Å². The van der Waals surface area contributed by atoms with Crippen molar-refractivity contribution in [3.05, 3.63) is 63.7 Å². The molecule has 3 aromatic rings. The standard InChI is InChI=1S/C16H12BrN3OS/c1-10-5-6-12(11(17)8-10)19-15(21)14-9-22-16(20-14)13-4-2-3-7-18-13/h2-9H,1H3,(H,19,21). The molecule has 4 nitrogen and oxygen atoms in total. The number of anilines is 1. The van der Waals surface area contributed by atoms with Crippen molar-refractivity contribution in [2.24, 2.45) is 0 Å². The van der Waals surface area contributed by atoms with Crippen molar-refractivity contribution in [3.8, 4) is 10.7 Å². The molecule has 6 heteroatoms. The minimum absolute atomic E-state index is 0.233. The molecule has 1 aromatic carbocycles. The van der Waals surface area contributed by atoms with Crippen LogP contribution in [0.2, 0.25) is 0 Å². The molecule has 0 unspecified atom stereocenters. The Bertz CT molecular complexity index is 817. The van der Waals surface area contributed by atoms with E-state index in [2.05, 4.69) is 31.2 Å². The van der Waals surface area contributed by atoms with Gasteiger partial charge in [0.2, 0.25) is 0 Å². The minimum atomic E-state index is -0.233. The molecule has 2 aromatic heterocycles. The number of aryl methyl sites for hydroxylation is 1. The van der Waals surface area contributed by atoms with Gasteiger partial charge in [0.05, 0.1) is 11.4 Å². The van der Waals surface area contributed by atoms with E-state index < -0.39 is 0 Å². The van der Waals surface area contributed by atoms with Crippen LogP contribution in [0, 0.1) is 6.92 Å². The fourth-order valence-corrected chi connectivity index (χ4v) is 3.26. The first-order chi connectivity index (χ1) is 10.6. The summed E-state index contributed by atoms with van der Waals surface area (Å²) in [5.74, 6) is -0.233. The van der Waals surface area contributed by atoms with E-state index in [9.17, 15) is 4.79 Å². The van der Waals surface area contributed by atoms with Crippen LogP contribution < -0.4 is 5.32 Å². The smallest absolute Gasteiger partial charge is 0.275 e. The molecule has 0 saturated heterocycles. The monoisotopic (exact) mass is 373 g/mol. The van der Waals surface area contributed by atoms with Crippen LogP contribution in [0.15, 0.2) is 52.4 Å². The van der Waals surface area contributed by atoms with Crippen molar-refractivity contribution in [1.29, 1.82) is 0 Å². The number of aromatic nitrogens is 2. The SMILES string of the molecule is Cc1ccc(NC(=O)c2csc(-c3ccccn3)n2)c(Br)c1. The van der Waals surface area contributed by atoms with E-state index in [1.54, 1.807) is 11.6 Å². The lowest BCUT2D eigenvalue weighted by Crippen LogP contribution is -2.12. The number of halogens is 1. The lowest BCUT2D eigenvalue weighted by Gasteiger charge is -2.06. The van der Waals surface area contributed by atoms with E-state index in [1.165, 1.54) is 11.3 Å². The first-order valence-corrected chi connectivity index (χ1v) is 8.25. The number of thiazole rings is 1. The Labute approximate surface area is 140 Å². The van der Waals surface area contributed by atoms with Crippen LogP contribution in [0.4, 0.5) is 5.69 Å². The molecule has 0 fully saturated rings. The summed E-state index contributed by atoms with van der Waals surface area (Å²) >= 11 is 4.85. The first-order valence-electron chi connectivity index (χ1n) is 6.58. The highest BCUT2D eigenvalue weighted by atomic mass is 79.9. The van der Waals surface area contributed by atoms with E-state index in [0.717, 1.165) is 26.4 Å². The van der Waals surface area contributed by atoms with Gasteiger partial charge in [0, 0.05) is 16.0 Å². The van der Waals surface area contributed by atoms with Crippen LogP contribution in [0.25, 0.3) is 10.7 Å². The fraction of sp³-hybridized carbons (Fsp3) is 0.0625. The number of benzene rings is 1. The van der Waals surface area contributed by atoms with Crippen molar-refractivity contribution in [2.45, 2.75) is 6.92 Å². The number of hydrogen-bond acceptors (Lipinski definition) is 4. The third-order valence-corrected chi connectivity index (χ3v) is 4.51. The molecule has 2 heterocycles. The van der Waals surface area contributed by atoms with Crippen molar-refractivity contribution in [3.63, 3.8) is 0 Å². The number of nitrogens with zero attached hydrogens (tertiary/aromatic N) is 2. The molecular weight excluding hydrogens is 362 g/mol. The summed E-state index contributed by atoms with van der Waals surface area (Å²) in [6.07, 6.45) is 1.71. The number of amides is 1. The largest absolute Gasteiger partial charge is 0.320 e. The summed E-state index contributed by atoms with van der Waals surface area (Å²) in [6.45, 7) is 2.00. The van der Waals surface area contributed by atoms with E-state index in [1.807, 2.05) is 43.3 Å². The van der Waals surface area contributed by atoms with Gasteiger partial charge in [-0.3, -0.25) is 9.78 Å². The molecule has 0 spiro atoms. The summed E-state index contributed by atoms with van der Waals surface area (Å²) in [6, 6.07) is 11.4. The molecule has 1 amide bonds. The lowest BCUT2D eigenvalue weighted by molar-refractivity contribution is 0.102. The zero-order chi connectivity index (χ0) is 15.5. The Morgan fingerprint density at radius 2 is 2.14 bits per heavy atom. The predicted molar refractivity (Wildman–Crippen MR) is 92.2 cm³/mol. The molecule has 0 atom stereocenters. The lowest BCUT2D eigenvalue weighted by atomic mass is 10.2. The van der Waals surface area contributed by atoms with Crippen molar-refractivity contribution in [2.75, 3.05) is 5.32 Å². The van der Waals surface area contributed by atoms with Gasteiger partial charge in [-0.1, -0.05) is 12.1 Å². The average Bonchev–Trinajstić information content (AvgIpc) is 3.01. The quantitative estimate of drug-likeness (QED) is 0.733. The van der Waals surface area contributed by atoms with Crippen LogP contribution in [0.5, 0.6) is 0 Å².